The average molecular weight is 230 g/mol. The molecule has 0 aromatic heterocycles. The molecule has 2 N–H and O–H groups in total. The molecule has 0 bridgehead atoms. The van der Waals surface area contributed by atoms with Crippen molar-refractivity contribution in [2.75, 3.05) is 32.5 Å². The number of hydrogen-bond acceptors (Lipinski definition) is 3. The maximum atomic E-state index is 5.94. The van der Waals surface area contributed by atoms with Gasteiger partial charge in [0.05, 0.1) is 12.3 Å². The third-order valence-electron chi connectivity index (χ3n) is 3.65. The summed E-state index contributed by atoms with van der Waals surface area (Å²) < 4.78 is 5.62. The quantitative estimate of drug-likeness (QED) is 0.749. The number of nitrogen functional groups attached to an aromatic ring is 1. The summed E-state index contributed by atoms with van der Waals surface area (Å²) in [4.78, 5) is 2.33. The smallest absolute Gasteiger partial charge is 0.146 e. The van der Waals surface area contributed by atoms with E-state index in [0.717, 1.165) is 44.0 Å². The molecule has 0 fully saturated rings. The van der Waals surface area contributed by atoms with E-state index in [4.69, 9.17) is 10.5 Å². The molecule has 17 heavy (non-hydrogen) atoms. The Labute approximate surface area is 102 Å². The molecule has 2 heterocycles. The Morgan fingerprint density at radius 1 is 1.29 bits per heavy atom. The van der Waals surface area contributed by atoms with Crippen LogP contribution in [0.2, 0.25) is 0 Å². The molecule has 3 heteroatoms. The van der Waals surface area contributed by atoms with Crippen LogP contribution < -0.4 is 10.5 Å². The van der Waals surface area contributed by atoms with E-state index in [0.29, 0.717) is 0 Å². The first-order valence-corrected chi connectivity index (χ1v) is 6.18. The predicted octanol–water partition coefficient (Wildman–Crippen LogP) is 1.92. The number of nitrogens with zero attached hydrogens (tertiary/aromatic N) is 1. The monoisotopic (exact) mass is 230 g/mol. The van der Waals surface area contributed by atoms with Crippen molar-refractivity contribution in [1.29, 1.82) is 0 Å². The normalized spacial score (nSPS) is 19.7. The molecule has 0 amide bonds. The van der Waals surface area contributed by atoms with Crippen molar-refractivity contribution in [2.45, 2.75) is 12.8 Å². The summed E-state index contributed by atoms with van der Waals surface area (Å²) in [6.45, 7) is 2.94. The van der Waals surface area contributed by atoms with E-state index in [1.54, 1.807) is 0 Å². The zero-order valence-electron chi connectivity index (χ0n) is 10.2. The molecule has 2 aliphatic rings. The van der Waals surface area contributed by atoms with Gasteiger partial charge in [0, 0.05) is 25.1 Å². The minimum Gasteiger partial charge on any atom is -0.491 e. The fourth-order valence-electron chi connectivity index (χ4n) is 2.64. The van der Waals surface area contributed by atoms with Crippen molar-refractivity contribution in [2.24, 2.45) is 0 Å². The Balaban J connectivity index is 2.02. The van der Waals surface area contributed by atoms with Crippen LogP contribution in [-0.4, -0.2) is 31.6 Å². The Morgan fingerprint density at radius 2 is 2.18 bits per heavy atom. The molecule has 0 spiro atoms. The van der Waals surface area contributed by atoms with Crippen molar-refractivity contribution >= 4 is 11.3 Å². The Kier molecular flexibility index (Phi) is 2.56. The maximum Gasteiger partial charge on any atom is 0.146 e. The van der Waals surface area contributed by atoms with Crippen LogP contribution >= 0.6 is 0 Å². The minimum absolute atomic E-state index is 0.768. The van der Waals surface area contributed by atoms with Gasteiger partial charge in [-0.3, -0.25) is 0 Å². The van der Waals surface area contributed by atoms with Crippen LogP contribution in [0.3, 0.4) is 0 Å². The highest BCUT2D eigenvalue weighted by molar-refractivity contribution is 5.75. The molecule has 0 saturated heterocycles. The van der Waals surface area contributed by atoms with Gasteiger partial charge in [0.25, 0.3) is 0 Å². The van der Waals surface area contributed by atoms with E-state index in [-0.39, 0.29) is 0 Å². The first-order chi connectivity index (χ1) is 8.25. The molecule has 0 unspecified atom stereocenters. The van der Waals surface area contributed by atoms with Crippen molar-refractivity contribution in [1.82, 2.24) is 4.90 Å². The molecule has 0 saturated carbocycles. The lowest BCUT2D eigenvalue weighted by atomic mass is 9.93. The van der Waals surface area contributed by atoms with Gasteiger partial charge in [0.1, 0.15) is 5.75 Å². The molecule has 2 aliphatic heterocycles. The lowest BCUT2D eigenvalue weighted by Gasteiger charge is -2.23. The van der Waals surface area contributed by atoms with Gasteiger partial charge >= 0.3 is 0 Å². The van der Waals surface area contributed by atoms with Crippen LogP contribution in [0.1, 0.15) is 17.5 Å². The lowest BCUT2D eigenvalue weighted by molar-refractivity contribution is 0.358. The second-order valence-corrected chi connectivity index (χ2v) is 4.85. The lowest BCUT2D eigenvalue weighted by Crippen LogP contribution is -2.23. The highest BCUT2D eigenvalue weighted by Gasteiger charge is 2.21. The van der Waals surface area contributed by atoms with E-state index in [2.05, 4.69) is 24.1 Å². The van der Waals surface area contributed by atoms with Crippen molar-refractivity contribution < 1.29 is 4.74 Å². The van der Waals surface area contributed by atoms with Crippen LogP contribution in [0.5, 0.6) is 5.75 Å². The highest BCUT2D eigenvalue weighted by atomic mass is 16.5. The van der Waals surface area contributed by atoms with Crippen LogP contribution in [-0.2, 0) is 6.42 Å². The second-order valence-electron chi connectivity index (χ2n) is 4.85. The summed E-state index contributed by atoms with van der Waals surface area (Å²) in [6, 6.07) is 4.12. The van der Waals surface area contributed by atoms with Gasteiger partial charge in [0.15, 0.2) is 0 Å². The summed E-state index contributed by atoms with van der Waals surface area (Å²) in [5, 5.41) is 0. The third kappa shape index (κ3) is 1.80. The fraction of sp³-hybridized carbons (Fsp3) is 0.429. The number of nitrogens with two attached hydrogens (primary N) is 1. The van der Waals surface area contributed by atoms with E-state index < -0.39 is 0 Å². The molecule has 90 valence electrons. The molecule has 0 aliphatic carbocycles. The summed E-state index contributed by atoms with van der Waals surface area (Å²) >= 11 is 0. The first-order valence-electron chi connectivity index (χ1n) is 6.18. The number of likely N-dealkylation sites (N-methyl/N-ethyl adjacent to an activating group) is 1. The van der Waals surface area contributed by atoms with Crippen molar-refractivity contribution in [3.8, 4) is 5.75 Å². The number of rotatable bonds is 1. The molecule has 3 nitrogen and oxygen atoms in total. The Morgan fingerprint density at radius 3 is 2.94 bits per heavy atom. The van der Waals surface area contributed by atoms with E-state index in [1.165, 1.54) is 16.7 Å². The number of hydrogen-bond donors (Lipinski definition) is 1. The van der Waals surface area contributed by atoms with Gasteiger partial charge < -0.3 is 15.4 Å². The maximum absolute atomic E-state index is 5.94. The number of fused-ring (bicyclic) bond motifs is 1. The Bertz CT molecular complexity index is 479. The molecule has 0 atom stereocenters. The zero-order valence-corrected chi connectivity index (χ0v) is 10.2. The van der Waals surface area contributed by atoms with Crippen molar-refractivity contribution in [3.05, 3.63) is 29.3 Å². The number of benzene rings is 1. The summed E-state index contributed by atoms with van der Waals surface area (Å²) in [5.74, 6) is 0.919. The van der Waals surface area contributed by atoms with Crippen LogP contribution in [0.4, 0.5) is 5.69 Å². The molecular weight excluding hydrogens is 212 g/mol. The van der Waals surface area contributed by atoms with Gasteiger partial charge in [-0.1, -0.05) is 12.1 Å². The standard InChI is InChI=1S/C14H18N2O/c1-16-7-4-10(5-8-16)11-2-3-13(15)14-12(11)6-9-17-14/h2-4H,5-9,15H2,1H3. The van der Waals surface area contributed by atoms with Gasteiger partial charge in [-0.2, -0.15) is 0 Å². The average Bonchev–Trinajstić information content (AvgIpc) is 2.81. The van der Waals surface area contributed by atoms with Crippen molar-refractivity contribution in [3.63, 3.8) is 0 Å². The molecule has 0 radical (unpaired) electrons. The molecule has 3 rings (SSSR count). The number of anilines is 1. The van der Waals surface area contributed by atoms with Gasteiger partial charge in [-0.15, -0.1) is 0 Å². The fourth-order valence-corrected chi connectivity index (χ4v) is 2.64. The van der Waals surface area contributed by atoms with E-state index in [9.17, 15) is 0 Å². The Hall–Kier alpha value is -1.48. The third-order valence-corrected chi connectivity index (χ3v) is 3.65. The molecule has 1 aromatic rings. The predicted molar refractivity (Wildman–Crippen MR) is 70.1 cm³/mol. The van der Waals surface area contributed by atoms with Crippen LogP contribution in [0.25, 0.3) is 5.57 Å². The molecular formula is C14H18N2O. The minimum atomic E-state index is 0.768. The SMILES string of the molecule is CN1CC=C(c2ccc(N)c3c2CCO3)CC1. The first kappa shape index (κ1) is 10.7. The van der Waals surface area contributed by atoms with Gasteiger partial charge in [-0.05, 0) is 30.7 Å². The second kappa shape index (κ2) is 4.08. The highest BCUT2D eigenvalue weighted by Crippen LogP contribution is 2.38. The van der Waals surface area contributed by atoms with E-state index >= 15 is 0 Å². The topological polar surface area (TPSA) is 38.5 Å². The summed E-state index contributed by atoms with van der Waals surface area (Å²) in [5.41, 5.74) is 10.8. The van der Waals surface area contributed by atoms with Crippen LogP contribution in [0.15, 0.2) is 18.2 Å². The summed E-state index contributed by atoms with van der Waals surface area (Å²) in [7, 11) is 2.16. The van der Waals surface area contributed by atoms with Crippen LogP contribution in [0, 0.1) is 0 Å². The summed E-state index contributed by atoms with van der Waals surface area (Å²) in [6.07, 6.45) is 4.43. The largest absolute Gasteiger partial charge is 0.491 e. The zero-order chi connectivity index (χ0) is 11.8. The van der Waals surface area contributed by atoms with Gasteiger partial charge in [-0.25, -0.2) is 0 Å². The molecule has 1 aromatic carbocycles. The van der Waals surface area contributed by atoms with E-state index in [1.807, 2.05) is 6.07 Å². The number of ether oxygens (including phenoxy) is 1. The van der Waals surface area contributed by atoms with Gasteiger partial charge in [0.2, 0.25) is 0 Å².